The van der Waals surface area contributed by atoms with E-state index in [1.807, 2.05) is 0 Å². The summed E-state index contributed by atoms with van der Waals surface area (Å²) in [6.07, 6.45) is 4.98. The molecule has 1 aromatic heterocycles. The van der Waals surface area contributed by atoms with Crippen LogP contribution in [0.3, 0.4) is 0 Å². The van der Waals surface area contributed by atoms with Crippen LogP contribution in [0, 0.1) is 11.3 Å². The normalized spacial score (nSPS) is 14.2. The largest absolute Gasteiger partial charge is 0.450 e. The van der Waals surface area contributed by atoms with Crippen LogP contribution in [0.4, 0.5) is 9.80 Å². The van der Waals surface area contributed by atoms with Gasteiger partial charge in [-0.3, -0.25) is 5.32 Å². The lowest BCUT2D eigenvalue weighted by molar-refractivity contribution is 0.168. The molecular formula is C13H16N2O2S. The zero-order valence-corrected chi connectivity index (χ0v) is 11.2. The predicted molar refractivity (Wildman–Crippen MR) is 70.9 cm³/mol. The summed E-state index contributed by atoms with van der Waals surface area (Å²) in [6, 6.07) is 2.22. The summed E-state index contributed by atoms with van der Waals surface area (Å²) in [5.41, 5.74) is 1.76. The van der Waals surface area contributed by atoms with Gasteiger partial charge in [0.25, 0.3) is 0 Å². The number of hydrogen-bond acceptors (Lipinski definition) is 4. The van der Waals surface area contributed by atoms with Crippen molar-refractivity contribution in [2.75, 3.05) is 11.9 Å². The van der Waals surface area contributed by atoms with Crippen LogP contribution >= 0.6 is 11.3 Å². The van der Waals surface area contributed by atoms with Crippen LogP contribution in [0.1, 0.15) is 42.2 Å². The van der Waals surface area contributed by atoms with Gasteiger partial charge in [0.15, 0.2) is 0 Å². The molecule has 5 heteroatoms. The first-order valence-electron chi connectivity index (χ1n) is 6.24. The number of nitrogens with one attached hydrogen (secondary N) is 1. The third kappa shape index (κ3) is 2.65. The smallest absolute Gasteiger partial charge is 0.412 e. The summed E-state index contributed by atoms with van der Waals surface area (Å²) in [7, 11) is 0. The molecule has 4 nitrogen and oxygen atoms in total. The van der Waals surface area contributed by atoms with Crippen molar-refractivity contribution in [3.8, 4) is 6.07 Å². The maximum atomic E-state index is 11.4. The number of thiophene rings is 1. The fourth-order valence-corrected chi connectivity index (χ4v) is 3.43. The van der Waals surface area contributed by atoms with Crippen LogP contribution in [-0.2, 0) is 17.6 Å². The van der Waals surface area contributed by atoms with Gasteiger partial charge >= 0.3 is 6.09 Å². The SMILES string of the molecule is CCOC(=O)Nc1sc2c(c1C#N)CCCCC2. The van der Waals surface area contributed by atoms with E-state index >= 15 is 0 Å². The third-order valence-corrected chi connectivity index (χ3v) is 4.23. The fraction of sp³-hybridized carbons (Fsp3) is 0.538. The zero-order valence-electron chi connectivity index (χ0n) is 10.4. The van der Waals surface area contributed by atoms with Crippen LogP contribution < -0.4 is 5.32 Å². The van der Waals surface area contributed by atoms with Gasteiger partial charge < -0.3 is 4.74 Å². The topological polar surface area (TPSA) is 62.1 Å². The number of anilines is 1. The Kier molecular flexibility index (Phi) is 4.21. The molecule has 0 aromatic carbocycles. The molecule has 0 fully saturated rings. The molecule has 1 aliphatic carbocycles. The number of hydrogen-bond donors (Lipinski definition) is 1. The molecule has 0 aliphatic heterocycles. The zero-order chi connectivity index (χ0) is 13.0. The summed E-state index contributed by atoms with van der Waals surface area (Å²) in [5, 5.41) is 12.6. The van der Waals surface area contributed by atoms with Gasteiger partial charge in [0, 0.05) is 4.88 Å². The summed E-state index contributed by atoms with van der Waals surface area (Å²) in [4.78, 5) is 12.7. The van der Waals surface area contributed by atoms with Crippen LogP contribution in [0.15, 0.2) is 0 Å². The highest BCUT2D eigenvalue weighted by atomic mass is 32.1. The van der Waals surface area contributed by atoms with Crippen molar-refractivity contribution in [3.63, 3.8) is 0 Å². The Hall–Kier alpha value is -1.54. The number of nitriles is 1. The number of fused-ring (bicyclic) bond motifs is 1. The van der Waals surface area contributed by atoms with Gasteiger partial charge in [-0.15, -0.1) is 11.3 Å². The molecule has 1 amide bonds. The first-order valence-corrected chi connectivity index (χ1v) is 7.06. The maximum Gasteiger partial charge on any atom is 0.412 e. The minimum absolute atomic E-state index is 0.332. The lowest BCUT2D eigenvalue weighted by Crippen LogP contribution is -2.13. The Morgan fingerprint density at radius 2 is 2.22 bits per heavy atom. The van der Waals surface area contributed by atoms with E-state index in [9.17, 15) is 10.1 Å². The standard InChI is InChI=1S/C13H16N2O2S/c1-2-17-13(16)15-12-10(8-14)9-6-4-3-5-7-11(9)18-12/h2-7H2,1H3,(H,15,16). The number of carbonyl (C=O) groups excluding carboxylic acids is 1. The Balaban J connectivity index is 2.26. The highest BCUT2D eigenvalue weighted by Crippen LogP contribution is 2.36. The van der Waals surface area contributed by atoms with Gasteiger partial charge in [-0.25, -0.2) is 4.79 Å². The van der Waals surface area contributed by atoms with Crippen molar-refractivity contribution in [1.82, 2.24) is 0 Å². The number of amides is 1. The number of carbonyl (C=O) groups is 1. The van der Waals surface area contributed by atoms with E-state index in [1.54, 1.807) is 6.92 Å². The van der Waals surface area contributed by atoms with E-state index in [4.69, 9.17) is 4.74 Å². The molecule has 0 atom stereocenters. The molecule has 96 valence electrons. The Morgan fingerprint density at radius 1 is 1.44 bits per heavy atom. The van der Waals surface area contributed by atoms with Crippen molar-refractivity contribution < 1.29 is 9.53 Å². The quantitative estimate of drug-likeness (QED) is 0.832. The average molecular weight is 264 g/mol. The Morgan fingerprint density at radius 3 is 2.94 bits per heavy atom. The molecule has 0 saturated heterocycles. The summed E-state index contributed by atoms with van der Waals surface area (Å²) < 4.78 is 4.85. The Labute approximate surface area is 111 Å². The number of aryl methyl sites for hydroxylation is 1. The molecule has 0 unspecified atom stereocenters. The van der Waals surface area contributed by atoms with Gasteiger partial charge in [-0.05, 0) is 38.2 Å². The van der Waals surface area contributed by atoms with Gasteiger partial charge in [0.2, 0.25) is 0 Å². The van der Waals surface area contributed by atoms with Crippen molar-refractivity contribution >= 4 is 22.4 Å². The summed E-state index contributed by atoms with van der Waals surface area (Å²) >= 11 is 1.52. The lowest BCUT2D eigenvalue weighted by Gasteiger charge is -2.03. The molecule has 2 rings (SSSR count). The second-order valence-electron chi connectivity index (χ2n) is 4.23. The molecule has 1 N–H and O–H groups in total. The molecular weight excluding hydrogens is 248 g/mol. The van der Waals surface area contributed by atoms with Crippen molar-refractivity contribution in [2.24, 2.45) is 0 Å². The maximum absolute atomic E-state index is 11.4. The highest BCUT2D eigenvalue weighted by Gasteiger charge is 2.21. The third-order valence-electron chi connectivity index (χ3n) is 3.02. The first-order chi connectivity index (χ1) is 8.76. The molecule has 1 aromatic rings. The minimum Gasteiger partial charge on any atom is -0.450 e. The monoisotopic (exact) mass is 264 g/mol. The number of ether oxygens (including phenoxy) is 1. The van der Waals surface area contributed by atoms with E-state index in [0.29, 0.717) is 17.2 Å². The van der Waals surface area contributed by atoms with Crippen LogP contribution in [0.5, 0.6) is 0 Å². The molecule has 18 heavy (non-hydrogen) atoms. The summed E-state index contributed by atoms with van der Waals surface area (Å²) in [5.74, 6) is 0. The molecule has 0 spiro atoms. The molecule has 0 saturated carbocycles. The molecule has 0 radical (unpaired) electrons. The molecule has 1 heterocycles. The lowest BCUT2D eigenvalue weighted by atomic mass is 10.1. The van der Waals surface area contributed by atoms with E-state index in [1.165, 1.54) is 22.6 Å². The number of rotatable bonds is 2. The minimum atomic E-state index is -0.481. The fourth-order valence-electron chi connectivity index (χ4n) is 2.21. The highest BCUT2D eigenvalue weighted by molar-refractivity contribution is 7.16. The summed E-state index contributed by atoms with van der Waals surface area (Å²) in [6.45, 7) is 2.09. The number of nitrogens with zero attached hydrogens (tertiary/aromatic N) is 1. The van der Waals surface area contributed by atoms with E-state index in [0.717, 1.165) is 31.2 Å². The average Bonchev–Trinajstić information content (AvgIpc) is 2.52. The van der Waals surface area contributed by atoms with Crippen LogP contribution in [-0.4, -0.2) is 12.7 Å². The van der Waals surface area contributed by atoms with Gasteiger partial charge in [0.05, 0.1) is 12.2 Å². The van der Waals surface area contributed by atoms with Crippen LogP contribution in [0.25, 0.3) is 0 Å². The van der Waals surface area contributed by atoms with E-state index < -0.39 is 6.09 Å². The van der Waals surface area contributed by atoms with Crippen molar-refractivity contribution in [3.05, 3.63) is 16.0 Å². The predicted octanol–water partition coefficient (Wildman–Crippen LogP) is 3.46. The van der Waals surface area contributed by atoms with E-state index in [2.05, 4.69) is 11.4 Å². The molecule has 1 aliphatic rings. The van der Waals surface area contributed by atoms with Crippen molar-refractivity contribution in [1.29, 1.82) is 5.26 Å². The Bertz CT molecular complexity index is 488. The van der Waals surface area contributed by atoms with Crippen molar-refractivity contribution in [2.45, 2.75) is 39.0 Å². The van der Waals surface area contributed by atoms with Gasteiger partial charge in [0.1, 0.15) is 11.1 Å². The van der Waals surface area contributed by atoms with Crippen LogP contribution in [0.2, 0.25) is 0 Å². The van der Waals surface area contributed by atoms with E-state index in [-0.39, 0.29) is 0 Å². The second kappa shape index (κ2) is 5.87. The second-order valence-corrected chi connectivity index (χ2v) is 5.33. The van der Waals surface area contributed by atoms with Gasteiger partial charge in [-0.2, -0.15) is 5.26 Å². The molecule has 0 bridgehead atoms. The first kappa shape index (κ1) is 12.9. The van der Waals surface area contributed by atoms with Gasteiger partial charge in [-0.1, -0.05) is 6.42 Å².